The Kier molecular flexibility index (Phi) is 18.2. The van der Waals surface area contributed by atoms with Crippen LogP contribution in [0.1, 0.15) is 77.0 Å². The van der Waals surface area contributed by atoms with Crippen LogP contribution in [-0.2, 0) is 0 Å². The summed E-state index contributed by atoms with van der Waals surface area (Å²) in [6, 6.07) is 0. The molecule has 0 radical (unpaired) electrons. The van der Waals surface area contributed by atoms with Crippen molar-refractivity contribution in [3.05, 3.63) is 97.2 Å². The van der Waals surface area contributed by atoms with Crippen molar-refractivity contribution < 1.29 is 0 Å². The molecule has 0 nitrogen and oxygen atoms in total. The van der Waals surface area contributed by atoms with Gasteiger partial charge in [0, 0.05) is 0 Å². The number of allylic oxidation sites excluding steroid dienone is 16. The fraction of sp³-hybridized carbons (Fsp3) is 0.429. The Hall–Kier alpha value is -2.08. The number of rotatable bonds is 0. The average Bonchev–Trinajstić information content (AvgIpc) is 2.71. The van der Waals surface area contributed by atoms with Crippen molar-refractivity contribution in [3.63, 3.8) is 0 Å². The highest BCUT2D eigenvalue weighted by atomic mass is 14.0. The zero-order valence-corrected chi connectivity index (χ0v) is 17.7. The minimum atomic E-state index is 1.20. The average molecular weight is 377 g/mol. The summed E-state index contributed by atoms with van der Waals surface area (Å²) >= 11 is 0. The number of hydrogen-bond donors (Lipinski definition) is 0. The molecule has 0 heteroatoms. The minimum Gasteiger partial charge on any atom is -0.0845 e. The summed E-state index contributed by atoms with van der Waals surface area (Å²) in [5, 5.41) is 0. The van der Waals surface area contributed by atoms with E-state index in [2.05, 4.69) is 72.9 Å². The van der Waals surface area contributed by atoms with Crippen molar-refractivity contribution in [2.45, 2.75) is 77.0 Å². The largest absolute Gasteiger partial charge is 0.0845 e. The van der Waals surface area contributed by atoms with Crippen LogP contribution in [0.25, 0.3) is 0 Å². The fourth-order valence-electron chi connectivity index (χ4n) is 3.06. The quantitative estimate of drug-likeness (QED) is 0.395. The van der Waals surface area contributed by atoms with E-state index in [4.69, 9.17) is 0 Å². The van der Waals surface area contributed by atoms with E-state index >= 15 is 0 Å². The SMILES string of the molecule is C1=CC=CC=CC=CCCCCCCCCCCCCC=CC=CC=CC=C1. The van der Waals surface area contributed by atoms with Gasteiger partial charge >= 0.3 is 0 Å². The fourth-order valence-corrected chi connectivity index (χ4v) is 3.06. The maximum atomic E-state index is 2.29. The third kappa shape index (κ3) is 18.7. The maximum Gasteiger partial charge on any atom is -0.0348 e. The summed E-state index contributed by atoms with van der Waals surface area (Å²) in [5.41, 5.74) is 0. The van der Waals surface area contributed by atoms with Crippen LogP contribution in [0.3, 0.4) is 0 Å². The molecule has 28 heavy (non-hydrogen) atoms. The van der Waals surface area contributed by atoms with Gasteiger partial charge in [0.25, 0.3) is 0 Å². The molecule has 1 aliphatic carbocycles. The van der Waals surface area contributed by atoms with E-state index in [1.54, 1.807) is 0 Å². The van der Waals surface area contributed by atoms with Crippen molar-refractivity contribution in [2.24, 2.45) is 0 Å². The molecule has 0 spiro atoms. The lowest BCUT2D eigenvalue weighted by Gasteiger charge is -2.01. The van der Waals surface area contributed by atoms with Crippen molar-refractivity contribution in [2.75, 3.05) is 0 Å². The summed E-state index contributed by atoms with van der Waals surface area (Å²) in [6.07, 6.45) is 50.0. The normalized spacial score (nSPS) is 19.4. The van der Waals surface area contributed by atoms with Gasteiger partial charge in [0.1, 0.15) is 0 Å². The van der Waals surface area contributed by atoms with Gasteiger partial charge in [0.15, 0.2) is 0 Å². The van der Waals surface area contributed by atoms with Gasteiger partial charge in [0.05, 0.1) is 0 Å². The highest BCUT2D eigenvalue weighted by Crippen LogP contribution is 2.12. The van der Waals surface area contributed by atoms with E-state index < -0.39 is 0 Å². The van der Waals surface area contributed by atoms with Crippen LogP contribution < -0.4 is 0 Å². The molecule has 0 saturated heterocycles. The van der Waals surface area contributed by atoms with Gasteiger partial charge in [-0.2, -0.15) is 0 Å². The van der Waals surface area contributed by atoms with E-state index in [-0.39, 0.29) is 0 Å². The molecule has 1 aliphatic rings. The smallest absolute Gasteiger partial charge is 0.0348 e. The standard InChI is InChI=1S/C28H40/c1-2-4-6-8-10-12-14-16-18-20-22-24-26-28-27-25-23-21-19-17-15-13-11-9-7-5-3-1/h1-16H,17-28H2. The van der Waals surface area contributed by atoms with Crippen LogP contribution in [-0.4, -0.2) is 0 Å². The van der Waals surface area contributed by atoms with Crippen LogP contribution in [0, 0.1) is 0 Å². The third-order valence-electron chi connectivity index (χ3n) is 4.71. The van der Waals surface area contributed by atoms with E-state index in [0.717, 1.165) is 0 Å². The van der Waals surface area contributed by atoms with Gasteiger partial charge in [-0.25, -0.2) is 0 Å². The molecule has 0 aromatic carbocycles. The van der Waals surface area contributed by atoms with Crippen LogP contribution in [0.4, 0.5) is 0 Å². The molecule has 1 rings (SSSR count). The van der Waals surface area contributed by atoms with Gasteiger partial charge in [-0.05, 0) is 25.7 Å². The van der Waals surface area contributed by atoms with Crippen LogP contribution >= 0.6 is 0 Å². The lowest BCUT2D eigenvalue weighted by Crippen LogP contribution is -1.82. The van der Waals surface area contributed by atoms with Gasteiger partial charge in [-0.15, -0.1) is 0 Å². The first kappa shape index (κ1) is 24.0. The minimum absolute atomic E-state index is 1.20. The van der Waals surface area contributed by atoms with E-state index in [1.807, 2.05) is 24.3 Å². The first-order valence-electron chi connectivity index (χ1n) is 11.3. The van der Waals surface area contributed by atoms with Gasteiger partial charge < -0.3 is 0 Å². The van der Waals surface area contributed by atoms with Crippen molar-refractivity contribution in [1.29, 1.82) is 0 Å². The summed E-state index contributed by atoms with van der Waals surface area (Å²) in [4.78, 5) is 0. The molecule has 0 saturated carbocycles. The molecular formula is C28H40. The molecule has 0 unspecified atom stereocenters. The third-order valence-corrected chi connectivity index (χ3v) is 4.71. The molecule has 0 aromatic rings. The Morgan fingerprint density at radius 2 is 0.429 bits per heavy atom. The van der Waals surface area contributed by atoms with Crippen LogP contribution in [0.15, 0.2) is 97.2 Å². The first-order chi connectivity index (χ1) is 14.0. The second-order valence-electron chi connectivity index (χ2n) is 7.28. The molecule has 0 aliphatic heterocycles. The molecule has 0 amide bonds. The molecular weight excluding hydrogens is 336 g/mol. The highest BCUT2D eigenvalue weighted by molar-refractivity contribution is 5.21. The molecule has 0 aromatic heterocycles. The van der Waals surface area contributed by atoms with E-state index in [9.17, 15) is 0 Å². The number of hydrogen-bond acceptors (Lipinski definition) is 0. The Morgan fingerprint density at radius 1 is 0.214 bits per heavy atom. The molecule has 152 valence electrons. The van der Waals surface area contributed by atoms with Crippen LogP contribution in [0.5, 0.6) is 0 Å². The second-order valence-corrected chi connectivity index (χ2v) is 7.28. The lowest BCUT2D eigenvalue weighted by atomic mass is 10.0. The van der Waals surface area contributed by atoms with E-state index in [1.165, 1.54) is 77.0 Å². The zero-order chi connectivity index (χ0) is 19.8. The van der Waals surface area contributed by atoms with Crippen molar-refractivity contribution in [1.82, 2.24) is 0 Å². The summed E-state index contributed by atoms with van der Waals surface area (Å²) in [5.74, 6) is 0. The van der Waals surface area contributed by atoms with Crippen LogP contribution in [0.2, 0.25) is 0 Å². The molecule has 0 bridgehead atoms. The van der Waals surface area contributed by atoms with Gasteiger partial charge in [-0.3, -0.25) is 0 Å². The molecule has 0 fully saturated rings. The highest BCUT2D eigenvalue weighted by Gasteiger charge is 1.92. The van der Waals surface area contributed by atoms with Gasteiger partial charge in [-0.1, -0.05) is 149 Å². The summed E-state index contributed by atoms with van der Waals surface area (Å²) < 4.78 is 0. The molecule has 0 heterocycles. The maximum absolute atomic E-state index is 2.29. The Bertz CT molecular complexity index is 509. The molecule has 0 N–H and O–H groups in total. The topological polar surface area (TPSA) is 0 Å². The zero-order valence-electron chi connectivity index (χ0n) is 17.7. The first-order valence-corrected chi connectivity index (χ1v) is 11.3. The summed E-state index contributed by atoms with van der Waals surface area (Å²) in [7, 11) is 0. The predicted octanol–water partition coefficient (Wildman–Crippen LogP) is 9.13. The monoisotopic (exact) mass is 376 g/mol. The Balaban J connectivity index is 2.36. The second kappa shape index (κ2) is 21.2. The van der Waals surface area contributed by atoms with Gasteiger partial charge in [0.2, 0.25) is 0 Å². The Labute approximate surface area is 174 Å². The summed E-state index contributed by atoms with van der Waals surface area (Å²) in [6.45, 7) is 0. The van der Waals surface area contributed by atoms with E-state index in [0.29, 0.717) is 0 Å². The van der Waals surface area contributed by atoms with Crippen molar-refractivity contribution in [3.8, 4) is 0 Å². The Morgan fingerprint density at radius 3 is 0.714 bits per heavy atom. The predicted molar refractivity (Wildman–Crippen MR) is 129 cm³/mol. The lowest BCUT2D eigenvalue weighted by molar-refractivity contribution is 0.553. The van der Waals surface area contributed by atoms with Crippen molar-refractivity contribution >= 4 is 0 Å². The molecule has 0 atom stereocenters.